The summed E-state index contributed by atoms with van der Waals surface area (Å²) in [6.07, 6.45) is 3.72. The Bertz CT molecular complexity index is 681. The van der Waals surface area contributed by atoms with E-state index in [1.165, 1.54) is 0 Å². The van der Waals surface area contributed by atoms with Crippen LogP contribution >= 0.6 is 24.8 Å². The van der Waals surface area contributed by atoms with Crippen molar-refractivity contribution in [2.45, 2.75) is 51.6 Å². The van der Waals surface area contributed by atoms with Crippen LogP contribution in [0.4, 0.5) is 0 Å². The number of nitrogens with zero attached hydrogens (tertiary/aromatic N) is 4. The van der Waals surface area contributed by atoms with Gasteiger partial charge in [0.15, 0.2) is 0 Å². The van der Waals surface area contributed by atoms with Gasteiger partial charge in [-0.1, -0.05) is 0 Å². The van der Waals surface area contributed by atoms with Crippen LogP contribution in [0.1, 0.15) is 47.7 Å². The maximum absolute atomic E-state index is 12.3. The van der Waals surface area contributed by atoms with Crippen LogP contribution in [0, 0.1) is 13.8 Å². The molecule has 2 aromatic rings. The summed E-state index contributed by atoms with van der Waals surface area (Å²) in [4.78, 5) is 20.8. The van der Waals surface area contributed by atoms with Crippen LogP contribution in [0.25, 0.3) is 5.78 Å². The topological polar surface area (TPSA) is 98.2 Å². The number of fused-ring (bicyclic) bond motifs is 1. The average Bonchev–Trinajstić information content (AvgIpc) is 2.85. The highest BCUT2D eigenvalue weighted by Gasteiger charge is 2.22. The zero-order valence-electron chi connectivity index (χ0n) is 13.2. The van der Waals surface area contributed by atoms with E-state index in [2.05, 4.69) is 20.4 Å². The second kappa shape index (κ2) is 7.90. The van der Waals surface area contributed by atoms with Gasteiger partial charge in [0.05, 0.1) is 0 Å². The predicted octanol–water partition coefficient (Wildman–Crippen LogP) is 1.58. The van der Waals surface area contributed by atoms with Crippen molar-refractivity contribution < 1.29 is 4.79 Å². The second-order valence-corrected chi connectivity index (χ2v) is 5.77. The van der Waals surface area contributed by atoms with Gasteiger partial charge < -0.3 is 11.1 Å². The highest BCUT2D eigenvalue weighted by atomic mass is 35.5. The number of amides is 1. The van der Waals surface area contributed by atoms with E-state index in [1.54, 1.807) is 4.52 Å². The summed E-state index contributed by atoms with van der Waals surface area (Å²) in [5.41, 5.74) is 7.64. The summed E-state index contributed by atoms with van der Waals surface area (Å²) in [5, 5.41) is 7.23. The third kappa shape index (κ3) is 4.31. The largest absolute Gasteiger partial charge is 0.347 e. The molecule has 1 amide bonds. The lowest BCUT2D eigenvalue weighted by Gasteiger charge is -2.26. The van der Waals surface area contributed by atoms with Gasteiger partial charge in [-0.2, -0.15) is 4.98 Å². The number of carbonyl (C=O) groups is 1. The molecule has 1 saturated carbocycles. The molecule has 0 radical (unpaired) electrons. The molecule has 23 heavy (non-hydrogen) atoms. The molecule has 7 nitrogen and oxygen atoms in total. The first-order valence-corrected chi connectivity index (χ1v) is 7.30. The van der Waals surface area contributed by atoms with Crippen LogP contribution in [-0.2, 0) is 0 Å². The number of halogens is 2. The van der Waals surface area contributed by atoms with E-state index < -0.39 is 0 Å². The first-order valence-electron chi connectivity index (χ1n) is 7.30. The first kappa shape index (κ1) is 19.6. The summed E-state index contributed by atoms with van der Waals surface area (Å²) in [6.45, 7) is 3.81. The molecular weight excluding hydrogens is 339 g/mol. The van der Waals surface area contributed by atoms with Gasteiger partial charge >= 0.3 is 0 Å². The van der Waals surface area contributed by atoms with Crippen LogP contribution in [0.2, 0.25) is 0 Å². The second-order valence-electron chi connectivity index (χ2n) is 5.77. The maximum atomic E-state index is 12.3. The Balaban J connectivity index is 0.00000132. The minimum Gasteiger partial charge on any atom is -0.347 e. The number of hydrogen-bond donors (Lipinski definition) is 2. The molecule has 0 bridgehead atoms. The van der Waals surface area contributed by atoms with Crippen molar-refractivity contribution in [3.63, 3.8) is 0 Å². The molecule has 2 heterocycles. The van der Waals surface area contributed by atoms with E-state index in [0.29, 0.717) is 5.78 Å². The Morgan fingerprint density at radius 3 is 2.52 bits per heavy atom. The fourth-order valence-electron chi connectivity index (χ4n) is 2.78. The molecule has 1 aliphatic carbocycles. The number of nitrogens with one attached hydrogen (secondary N) is 1. The number of nitrogens with two attached hydrogens (primary N) is 1. The molecule has 1 fully saturated rings. The van der Waals surface area contributed by atoms with Crippen molar-refractivity contribution >= 4 is 36.5 Å². The summed E-state index contributed by atoms with van der Waals surface area (Å²) in [6, 6.07) is 2.34. The van der Waals surface area contributed by atoms with E-state index in [9.17, 15) is 4.79 Å². The molecule has 0 unspecified atom stereocenters. The Morgan fingerprint density at radius 1 is 1.22 bits per heavy atom. The van der Waals surface area contributed by atoms with Gasteiger partial charge in [0, 0.05) is 23.5 Å². The lowest BCUT2D eigenvalue weighted by Crippen LogP contribution is -2.40. The third-order valence-electron chi connectivity index (χ3n) is 3.93. The normalized spacial score (nSPS) is 20.5. The van der Waals surface area contributed by atoms with E-state index in [-0.39, 0.29) is 48.6 Å². The quantitative estimate of drug-likeness (QED) is 0.846. The summed E-state index contributed by atoms with van der Waals surface area (Å²) in [7, 11) is 0. The van der Waals surface area contributed by atoms with E-state index in [0.717, 1.165) is 37.1 Å². The summed E-state index contributed by atoms with van der Waals surface area (Å²) in [5.74, 6) is 0.396. The zero-order valence-corrected chi connectivity index (χ0v) is 14.8. The number of rotatable bonds is 2. The minimum absolute atomic E-state index is 0. The van der Waals surface area contributed by atoms with Crippen molar-refractivity contribution in [1.82, 2.24) is 24.9 Å². The minimum atomic E-state index is -0.238. The van der Waals surface area contributed by atoms with Crippen LogP contribution in [-0.4, -0.2) is 37.6 Å². The number of aryl methyl sites for hydroxylation is 2. The van der Waals surface area contributed by atoms with Gasteiger partial charge in [-0.15, -0.1) is 29.9 Å². The molecule has 0 atom stereocenters. The molecule has 0 aliphatic heterocycles. The molecule has 0 spiro atoms. The van der Waals surface area contributed by atoms with E-state index in [1.807, 2.05) is 19.9 Å². The molecular formula is C14H22Cl2N6O. The van der Waals surface area contributed by atoms with Crippen LogP contribution < -0.4 is 11.1 Å². The lowest BCUT2D eigenvalue weighted by atomic mass is 9.92. The summed E-state index contributed by atoms with van der Waals surface area (Å²) >= 11 is 0. The Kier molecular flexibility index (Phi) is 6.73. The monoisotopic (exact) mass is 360 g/mol. The van der Waals surface area contributed by atoms with Crippen LogP contribution in [0.5, 0.6) is 0 Å². The van der Waals surface area contributed by atoms with Crippen molar-refractivity contribution in [2.75, 3.05) is 0 Å². The van der Waals surface area contributed by atoms with Gasteiger partial charge in [-0.25, -0.2) is 9.50 Å². The van der Waals surface area contributed by atoms with Crippen LogP contribution in [0.15, 0.2) is 6.07 Å². The van der Waals surface area contributed by atoms with Gasteiger partial charge in [-0.3, -0.25) is 4.79 Å². The number of hydrogen-bond acceptors (Lipinski definition) is 5. The zero-order chi connectivity index (χ0) is 15.0. The first-order chi connectivity index (χ1) is 10.0. The van der Waals surface area contributed by atoms with E-state index in [4.69, 9.17) is 5.73 Å². The van der Waals surface area contributed by atoms with Gasteiger partial charge in [0.1, 0.15) is 0 Å². The van der Waals surface area contributed by atoms with Crippen molar-refractivity contribution in [2.24, 2.45) is 5.73 Å². The fraction of sp³-hybridized carbons (Fsp3) is 0.571. The number of aromatic nitrogens is 4. The lowest BCUT2D eigenvalue weighted by molar-refractivity contribution is 0.0915. The Labute approximate surface area is 147 Å². The van der Waals surface area contributed by atoms with Crippen molar-refractivity contribution in [3.8, 4) is 0 Å². The third-order valence-corrected chi connectivity index (χ3v) is 3.93. The SMILES string of the molecule is Cc1cc(C)n2nc(C(=O)NC3CCC(N)CC3)nc2n1.Cl.Cl. The standard InChI is InChI=1S/C14H20N6O.2ClH/c1-8-7-9(2)20-14(16-8)18-12(19-20)13(21)17-11-5-3-10(15)4-6-11;;/h7,10-11H,3-6,15H2,1-2H3,(H,17,21);2*1H. The molecule has 128 valence electrons. The molecule has 1 aliphatic rings. The molecule has 2 aromatic heterocycles. The van der Waals surface area contributed by atoms with Crippen LogP contribution in [0.3, 0.4) is 0 Å². The van der Waals surface area contributed by atoms with E-state index >= 15 is 0 Å². The molecule has 9 heteroatoms. The Morgan fingerprint density at radius 2 is 1.87 bits per heavy atom. The van der Waals surface area contributed by atoms with Crippen molar-refractivity contribution in [3.05, 3.63) is 23.3 Å². The highest BCUT2D eigenvalue weighted by molar-refractivity contribution is 5.91. The maximum Gasteiger partial charge on any atom is 0.291 e. The molecule has 0 aromatic carbocycles. The number of carbonyl (C=O) groups excluding carboxylic acids is 1. The fourth-order valence-corrected chi connectivity index (χ4v) is 2.78. The van der Waals surface area contributed by atoms with Gasteiger partial charge in [0.25, 0.3) is 11.7 Å². The van der Waals surface area contributed by atoms with Crippen molar-refractivity contribution in [1.29, 1.82) is 0 Å². The van der Waals surface area contributed by atoms with Gasteiger partial charge in [-0.05, 0) is 45.6 Å². The highest BCUT2D eigenvalue weighted by Crippen LogP contribution is 2.17. The Hall–Kier alpha value is -1.44. The molecule has 3 rings (SSSR count). The smallest absolute Gasteiger partial charge is 0.291 e. The predicted molar refractivity (Wildman–Crippen MR) is 92.4 cm³/mol. The van der Waals surface area contributed by atoms with Gasteiger partial charge in [0.2, 0.25) is 5.82 Å². The average molecular weight is 361 g/mol. The molecule has 0 saturated heterocycles. The summed E-state index contributed by atoms with van der Waals surface area (Å²) < 4.78 is 1.60. The molecule has 3 N–H and O–H groups in total.